The third-order valence-corrected chi connectivity index (χ3v) is 3.69. The average molecular weight is 300 g/mol. The van der Waals surface area contributed by atoms with Crippen LogP contribution in [-0.2, 0) is 14.4 Å². The lowest BCUT2D eigenvalue weighted by atomic mass is 10.3. The van der Waals surface area contributed by atoms with Crippen molar-refractivity contribution in [3.05, 3.63) is 11.6 Å². The van der Waals surface area contributed by atoms with E-state index in [0.717, 1.165) is 18.0 Å². The molecule has 0 bridgehead atoms. The number of hydrogen-bond acceptors (Lipinski definition) is 4. The Morgan fingerprint density at radius 1 is 1.05 bits per heavy atom. The van der Waals surface area contributed by atoms with E-state index in [2.05, 4.69) is 11.5 Å². The minimum Gasteiger partial charge on any atom is -0.339 e. The summed E-state index contributed by atoms with van der Waals surface area (Å²) in [6, 6.07) is 0. The molecule has 0 N–H and O–H groups in total. The van der Waals surface area contributed by atoms with Crippen LogP contribution in [0.5, 0.6) is 0 Å². The van der Waals surface area contributed by atoms with Crippen molar-refractivity contribution in [1.29, 1.82) is 0 Å². The summed E-state index contributed by atoms with van der Waals surface area (Å²) < 4.78 is 0. The molecule has 0 atom stereocenters. The second kappa shape index (κ2) is 6.37. The molecule has 0 radical (unpaired) electrons. The molecule has 0 saturated carbocycles. The SMILES string of the molecule is C=C(Cl)CN1CCN(C(=O)CN2C(=O)CCC2=O)CC1. The molecule has 0 aromatic heterocycles. The zero-order valence-electron chi connectivity index (χ0n) is 11.3. The van der Waals surface area contributed by atoms with Crippen LogP contribution >= 0.6 is 11.6 Å². The summed E-state index contributed by atoms with van der Waals surface area (Å²) in [7, 11) is 0. The smallest absolute Gasteiger partial charge is 0.242 e. The van der Waals surface area contributed by atoms with Crippen molar-refractivity contribution < 1.29 is 14.4 Å². The fourth-order valence-electron chi connectivity index (χ4n) is 2.43. The number of hydrogen-bond donors (Lipinski definition) is 0. The lowest BCUT2D eigenvalue weighted by Gasteiger charge is -2.35. The van der Waals surface area contributed by atoms with Gasteiger partial charge in [-0.25, -0.2) is 0 Å². The molecule has 110 valence electrons. The highest BCUT2D eigenvalue weighted by Crippen LogP contribution is 2.13. The fourth-order valence-corrected chi connectivity index (χ4v) is 2.60. The molecule has 0 aromatic carbocycles. The molecule has 2 saturated heterocycles. The van der Waals surface area contributed by atoms with E-state index in [0.29, 0.717) is 24.7 Å². The van der Waals surface area contributed by atoms with Gasteiger partial charge in [-0.05, 0) is 0 Å². The monoisotopic (exact) mass is 299 g/mol. The molecule has 3 amide bonds. The number of nitrogens with zero attached hydrogens (tertiary/aromatic N) is 3. The van der Waals surface area contributed by atoms with Crippen molar-refractivity contribution in [2.45, 2.75) is 12.8 Å². The van der Waals surface area contributed by atoms with Gasteiger partial charge in [0.15, 0.2) is 0 Å². The van der Waals surface area contributed by atoms with Crippen molar-refractivity contribution in [1.82, 2.24) is 14.7 Å². The summed E-state index contributed by atoms with van der Waals surface area (Å²) in [5.41, 5.74) is 0. The van der Waals surface area contributed by atoms with Crippen molar-refractivity contribution in [3.63, 3.8) is 0 Å². The van der Waals surface area contributed by atoms with Gasteiger partial charge in [0, 0.05) is 50.6 Å². The Labute approximate surface area is 122 Å². The van der Waals surface area contributed by atoms with Gasteiger partial charge in [0.05, 0.1) is 0 Å². The summed E-state index contributed by atoms with van der Waals surface area (Å²) in [6.07, 6.45) is 0.440. The van der Waals surface area contributed by atoms with E-state index in [4.69, 9.17) is 11.6 Å². The highest BCUT2D eigenvalue weighted by Gasteiger charge is 2.32. The molecule has 2 aliphatic heterocycles. The van der Waals surface area contributed by atoms with Crippen LogP contribution in [0.15, 0.2) is 11.6 Å². The van der Waals surface area contributed by atoms with Crippen LogP contribution in [0.3, 0.4) is 0 Å². The molecule has 2 heterocycles. The molecule has 0 spiro atoms. The molecule has 6 nitrogen and oxygen atoms in total. The number of carbonyl (C=O) groups is 3. The lowest BCUT2D eigenvalue weighted by Crippen LogP contribution is -2.51. The predicted molar refractivity (Wildman–Crippen MR) is 74.0 cm³/mol. The van der Waals surface area contributed by atoms with Crippen molar-refractivity contribution in [3.8, 4) is 0 Å². The van der Waals surface area contributed by atoms with E-state index in [1.807, 2.05) is 0 Å². The van der Waals surface area contributed by atoms with Crippen LogP contribution in [0.1, 0.15) is 12.8 Å². The number of rotatable bonds is 4. The van der Waals surface area contributed by atoms with Gasteiger partial charge in [-0.15, -0.1) is 0 Å². The molecular weight excluding hydrogens is 282 g/mol. The Kier molecular flexibility index (Phi) is 4.77. The second-order valence-electron chi connectivity index (χ2n) is 5.05. The maximum atomic E-state index is 12.1. The van der Waals surface area contributed by atoms with Gasteiger partial charge < -0.3 is 4.90 Å². The average Bonchev–Trinajstić information content (AvgIpc) is 2.70. The van der Waals surface area contributed by atoms with Gasteiger partial charge in [0.25, 0.3) is 0 Å². The van der Waals surface area contributed by atoms with Gasteiger partial charge in [-0.2, -0.15) is 0 Å². The molecule has 0 unspecified atom stereocenters. The number of imide groups is 1. The topological polar surface area (TPSA) is 60.9 Å². The summed E-state index contributed by atoms with van der Waals surface area (Å²) in [4.78, 5) is 39.9. The predicted octanol–water partition coefficient (Wildman–Crippen LogP) is 0.0321. The number of carbonyl (C=O) groups excluding carboxylic acids is 3. The molecule has 0 aliphatic carbocycles. The highest BCUT2D eigenvalue weighted by atomic mass is 35.5. The van der Waals surface area contributed by atoms with Crippen molar-refractivity contribution in [2.24, 2.45) is 0 Å². The molecule has 20 heavy (non-hydrogen) atoms. The first-order valence-corrected chi connectivity index (χ1v) is 7.02. The standard InChI is InChI=1S/C13H18ClN3O3/c1-10(14)8-15-4-6-16(7-5-15)13(20)9-17-11(18)2-3-12(17)19/h1-9H2. The van der Waals surface area contributed by atoms with E-state index in [1.165, 1.54) is 0 Å². The minimum absolute atomic E-state index is 0.125. The van der Waals surface area contributed by atoms with E-state index < -0.39 is 0 Å². The zero-order chi connectivity index (χ0) is 14.7. The maximum Gasteiger partial charge on any atom is 0.242 e. The molecule has 2 fully saturated rings. The van der Waals surface area contributed by atoms with Gasteiger partial charge in [0.1, 0.15) is 6.54 Å². The van der Waals surface area contributed by atoms with E-state index in [9.17, 15) is 14.4 Å². The quantitative estimate of drug-likeness (QED) is 0.687. The van der Waals surface area contributed by atoms with Gasteiger partial charge in [0.2, 0.25) is 17.7 Å². The summed E-state index contributed by atoms with van der Waals surface area (Å²) in [6.45, 7) is 6.75. The number of halogens is 1. The van der Waals surface area contributed by atoms with E-state index >= 15 is 0 Å². The zero-order valence-corrected chi connectivity index (χ0v) is 12.1. The fraction of sp³-hybridized carbons (Fsp3) is 0.615. The number of amides is 3. The Bertz CT molecular complexity index is 428. The first-order chi connectivity index (χ1) is 9.47. The van der Waals surface area contributed by atoms with Crippen LogP contribution in [0, 0.1) is 0 Å². The first-order valence-electron chi connectivity index (χ1n) is 6.64. The Balaban J connectivity index is 1.81. The van der Waals surface area contributed by atoms with Crippen molar-refractivity contribution >= 4 is 29.3 Å². The largest absolute Gasteiger partial charge is 0.339 e. The van der Waals surface area contributed by atoms with Gasteiger partial charge >= 0.3 is 0 Å². The Morgan fingerprint density at radius 3 is 2.10 bits per heavy atom. The molecule has 7 heteroatoms. The highest BCUT2D eigenvalue weighted by molar-refractivity contribution is 6.29. The normalized spacial score (nSPS) is 20.6. The van der Waals surface area contributed by atoms with Crippen LogP contribution in [0.2, 0.25) is 0 Å². The van der Waals surface area contributed by atoms with Gasteiger partial charge in [-0.1, -0.05) is 18.2 Å². The third-order valence-electron chi connectivity index (χ3n) is 3.57. The molecule has 2 aliphatic rings. The number of likely N-dealkylation sites (tertiary alicyclic amines) is 1. The third kappa shape index (κ3) is 3.58. The molecule has 0 aromatic rings. The van der Waals surface area contributed by atoms with Crippen LogP contribution in [0.4, 0.5) is 0 Å². The second-order valence-corrected chi connectivity index (χ2v) is 5.58. The van der Waals surface area contributed by atoms with Crippen LogP contribution < -0.4 is 0 Å². The summed E-state index contributed by atoms with van der Waals surface area (Å²) in [5, 5.41) is 0.582. The lowest BCUT2D eigenvalue weighted by molar-refractivity contribution is -0.146. The number of piperazine rings is 1. The first kappa shape index (κ1) is 15.0. The van der Waals surface area contributed by atoms with Crippen LogP contribution in [0.25, 0.3) is 0 Å². The maximum absolute atomic E-state index is 12.1. The van der Waals surface area contributed by atoms with Crippen molar-refractivity contribution in [2.75, 3.05) is 39.3 Å². The molecular formula is C13H18ClN3O3. The Hall–Kier alpha value is -1.40. The minimum atomic E-state index is -0.250. The van der Waals surface area contributed by atoms with E-state index in [-0.39, 0.29) is 37.1 Å². The van der Waals surface area contributed by atoms with E-state index in [1.54, 1.807) is 4.90 Å². The Morgan fingerprint density at radius 2 is 1.60 bits per heavy atom. The molecule has 2 rings (SSSR count). The summed E-state index contributed by atoms with van der Waals surface area (Å²) in [5.74, 6) is -0.668. The van der Waals surface area contributed by atoms with Gasteiger partial charge in [-0.3, -0.25) is 24.2 Å². The van der Waals surface area contributed by atoms with Crippen LogP contribution in [-0.4, -0.2) is 71.7 Å². The summed E-state index contributed by atoms with van der Waals surface area (Å²) >= 11 is 5.76.